The normalized spacial score (nSPS) is 16.9. The van der Waals surface area contributed by atoms with E-state index in [1.165, 1.54) is 42.5 Å². The summed E-state index contributed by atoms with van der Waals surface area (Å²) in [6.07, 6.45) is 0. The summed E-state index contributed by atoms with van der Waals surface area (Å²) >= 11 is 2.10. The number of ether oxygens (including phenoxy) is 1. The van der Waals surface area contributed by atoms with E-state index in [1.54, 1.807) is 28.8 Å². The molecular formula is C68H54BN5OPt. The third-order valence-corrected chi connectivity index (χ3v) is 15.8. The number of benzene rings is 9. The van der Waals surface area contributed by atoms with Crippen molar-refractivity contribution >= 4 is 46.4 Å². The van der Waals surface area contributed by atoms with Crippen LogP contribution in [0.3, 0.4) is 0 Å². The first-order chi connectivity index (χ1) is 43.8. The Hall–Kier alpha value is -8.25. The average Bonchev–Trinajstić information content (AvgIpc) is 1.59. The fourth-order valence-corrected chi connectivity index (χ4v) is 12.6. The Morgan fingerprint density at radius 1 is 0.539 bits per heavy atom. The number of aromatic nitrogens is 3. The monoisotopic (exact) mass is 1180 g/mol. The molecule has 3 aliphatic heterocycles. The van der Waals surface area contributed by atoms with Crippen molar-refractivity contribution in [2.24, 2.45) is 0 Å². The molecule has 6 nitrogen and oxygen atoms in total. The quantitative estimate of drug-likeness (QED) is 0.149. The number of hydrogen-bond acceptors (Lipinski definition) is 4. The molecule has 3 aliphatic rings. The van der Waals surface area contributed by atoms with E-state index in [0.717, 1.165) is 39.2 Å². The number of aryl methyl sites for hydroxylation is 4. The molecule has 0 saturated heterocycles. The molecule has 0 N–H and O–H groups in total. The third kappa shape index (κ3) is 7.12. The maximum atomic E-state index is 9.43. The molecule has 76 heavy (non-hydrogen) atoms. The summed E-state index contributed by atoms with van der Waals surface area (Å²) in [6.45, 7) is -5.65. The van der Waals surface area contributed by atoms with Crippen LogP contribution in [0.15, 0.2) is 200 Å². The number of pyridine rings is 1. The Labute approximate surface area is 479 Å². The average molecular weight is 1180 g/mol. The molecule has 0 saturated carbocycles. The van der Waals surface area contributed by atoms with Gasteiger partial charge in [0.25, 0.3) is 0 Å². The SMILES string of the molecule is [2H]c1c([2H])c([2H])c(-c2cc(C([2H])([2H])[2H])cc(-c3cccc(C(C)(C)C)c3)c2-n2[c](=[Pt])n(-c3cc(Oc4cc(C([2H])([2H])[2H])c5c(n4)N4B6c7c(cccc7-5)-c5ccccc5N6c5ccccc54)cc(-c4c(C([2H])([2H])[2H])cccc4C([2H])([2H])[2H])c3)c3ccccc32)c([2H])c1[2H]. The van der Waals surface area contributed by atoms with Gasteiger partial charge < -0.3 is 0 Å². The van der Waals surface area contributed by atoms with Crippen molar-refractivity contribution in [1.82, 2.24) is 14.1 Å². The van der Waals surface area contributed by atoms with Gasteiger partial charge >= 0.3 is 410 Å². The summed E-state index contributed by atoms with van der Waals surface area (Å²) in [4.78, 5) is 9.55. The van der Waals surface area contributed by atoms with Crippen LogP contribution in [0.5, 0.6) is 11.6 Å². The van der Waals surface area contributed by atoms with E-state index in [9.17, 15) is 6.85 Å². The predicted molar refractivity (Wildman–Crippen MR) is 311 cm³/mol. The molecule has 0 bridgehead atoms. The first kappa shape index (κ1) is 31.6. The van der Waals surface area contributed by atoms with Gasteiger partial charge in [-0.3, -0.25) is 0 Å². The van der Waals surface area contributed by atoms with Gasteiger partial charge in [-0.25, -0.2) is 0 Å². The number of fused-ring (bicyclic) bond motifs is 10. The van der Waals surface area contributed by atoms with Gasteiger partial charge in [0.1, 0.15) is 0 Å². The van der Waals surface area contributed by atoms with Gasteiger partial charge in [-0.05, 0) is 17.7 Å². The Morgan fingerprint density at radius 2 is 1.20 bits per heavy atom. The van der Waals surface area contributed by atoms with Gasteiger partial charge in [-0.1, -0.05) is 42.5 Å². The Kier molecular flexibility index (Phi) is 7.24. The number of rotatable bonds is 7. The molecule has 0 fully saturated rings. The zero-order valence-corrected chi connectivity index (χ0v) is 43.5. The van der Waals surface area contributed by atoms with Crippen LogP contribution in [0.2, 0.25) is 0 Å². The van der Waals surface area contributed by atoms with Crippen LogP contribution in [0.1, 0.15) is 71.9 Å². The molecule has 0 atom stereocenters. The van der Waals surface area contributed by atoms with Crippen LogP contribution >= 0.6 is 0 Å². The molecule has 0 radical (unpaired) electrons. The summed E-state index contributed by atoms with van der Waals surface area (Å²) in [5.41, 5.74) is 8.20. The molecule has 14 rings (SSSR count). The Bertz CT molecular complexity index is 5020. The van der Waals surface area contributed by atoms with Crippen LogP contribution < -0.4 is 19.8 Å². The van der Waals surface area contributed by atoms with Gasteiger partial charge in [0.2, 0.25) is 0 Å². The minimum absolute atomic E-state index is 0.00161. The van der Waals surface area contributed by atoms with Crippen molar-refractivity contribution in [3.8, 4) is 78.6 Å². The van der Waals surface area contributed by atoms with E-state index in [1.807, 2.05) is 121 Å². The van der Waals surface area contributed by atoms with Crippen LogP contribution in [0.4, 0.5) is 22.9 Å². The molecule has 0 amide bonds. The second-order valence-corrected chi connectivity index (χ2v) is 21.3. The van der Waals surface area contributed by atoms with Gasteiger partial charge in [0.05, 0.1) is 0 Å². The summed E-state index contributed by atoms with van der Waals surface area (Å²) in [5, 5.41) is 0. The maximum absolute atomic E-state index is 9.43. The van der Waals surface area contributed by atoms with Crippen molar-refractivity contribution in [3.63, 3.8) is 0 Å². The Morgan fingerprint density at radius 3 is 1.95 bits per heavy atom. The molecule has 0 unspecified atom stereocenters. The summed E-state index contributed by atoms with van der Waals surface area (Å²) in [6, 6.07) is 46.6. The number of imidazole rings is 1. The number of anilines is 4. The fourth-order valence-electron chi connectivity index (χ4n) is 11.5. The molecule has 0 spiro atoms. The van der Waals surface area contributed by atoms with Crippen molar-refractivity contribution < 1.29 is 47.4 Å². The number of hydrogen-bond donors (Lipinski definition) is 0. The summed E-state index contributed by atoms with van der Waals surface area (Å²) in [5.74, 6) is 0.127. The summed E-state index contributed by atoms with van der Waals surface area (Å²) < 4.78 is 164. The first-order valence-corrected chi connectivity index (χ1v) is 25.9. The first-order valence-electron chi connectivity index (χ1n) is 33.3. The molecule has 11 aromatic rings. The topological polar surface area (TPSA) is 38.5 Å². The van der Waals surface area contributed by atoms with Crippen molar-refractivity contribution in [2.75, 3.05) is 9.62 Å². The third-order valence-electron chi connectivity index (χ3n) is 14.8. The van der Waals surface area contributed by atoms with Gasteiger partial charge in [-0.2, -0.15) is 0 Å². The zero-order chi connectivity index (χ0) is 66.1. The van der Waals surface area contributed by atoms with Crippen LogP contribution in [-0.4, -0.2) is 21.1 Å². The number of para-hydroxylation sites is 5. The second-order valence-electron chi connectivity index (χ2n) is 20.3. The Balaban J connectivity index is 1.07. The van der Waals surface area contributed by atoms with E-state index >= 15 is 0 Å². The molecular weight excluding hydrogens is 1110 g/mol. The minimum atomic E-state index is -2.86. The zero-order valence-electron chi connectivity index (χ0n) is 58.2. The van der Waals surface area contributed by atoms with Crippen LogP contribution in [0, 0.1) is 31.2 Å². The van der Waals surface area contributed by atoms with E-state index in [-0.39, 0.29) is 67.5 Å². The molecule has 9 aromatic carbocycles. The fraction of sp³-hybridized carbons (Fsp3) is 0.118. The summed E-state index contributed by atoms with van der Waals surface area (Å²) in [7, 11) is 0. The predicted octanol–water partition coefficient (Wildman–Crippen LogP) is 16.9. The molecule has 5 heterocycles. The van der Waals surface area contributed by atoms with Gasteiger partial charge in [-0.15, -0.1) is 0 Å². The van der Waals surface area contributed by atoms with Crippen LogP contribution in [0.25, 0.3) is 78.0 Å². The van der Waals surface area contributed by atoms with E-state index in [2.05, 4.69) is 36.3 Å². The second kappa shape index (κ2) is 17.4. The van der Waals surface area contributed by atoms with E-state index in [4.69, 9.17) is 26.2 Å². The molecule has 8 heteroatoms. The molecule has 2 aromatic heterocycles. The van der Waals surface area contributed by atoms with E-state index in [0.29, 0.717) is 42.9 Å². The number of nitrogens with zero attached hydrogens (tertiary/aromatic N) is 5. The van der Waals surface area contributed by atoms with Crippen molar-refractivity contribution in [3.05, 3.63) is 232 Å². The van der Waals surface area contributed by atoms with Crippen molar-refractivity contribution in [2.45, 2.75) is 53.6 Å². The van der Waals surface area contributed by atoms with Crippen molar-refractivity contribution in [1.29, 1.82) is 0 Å². The molecule has 370 valence electrons. The van der Waals surface area contributed by atoms with Gasteiger partial charge in [0, 0.05) is 11.3 Å². The standard InChI is InChI=1S/C68H54BN5O.Pt/c1-42-34-55(46-22-9-8-10-23-46)66(56(35-42)47-24-18-25-49(37-47)68(5,6)7)72-41-71(58-30-13-14-31-59(58)72)50-38-48(63-43(2)20-17-21-44(63)3)39-51(40-50)75-62-36-45(4)64-54-28-19-27-53-52-26-11-12-29-57(52)73-60-32-15-16-33-61(60)74(67(64)70-62)69(73)65(53)54;/h8-40H,1-7H3;/i1D3,2D3,3D3,4D3,8D,9D,10D,22D,23D;. The molecule has 0 aliphatic carbocycles. The van der Waals surface area contributed by atoms with E-state index < -0.39 is 70.0 Å². The van der Waals surface area contributed by atoms with Crippen LogP contribution in [-0.2, 0) is 24.8 Å². The van der Waals surface area contributed by atoms with Gasteiger partial charge in [0.15, 0.2) is 0 Å².